The van der Waals surface area contributed by atoms with Crippen LogP contribution in [0, 0.1) is 23.1 Å². The van der Waals surface area contributed by atoms with Gasteiger partial charge in [0, 0.05) is 19.1 Å². The number of nitrogens with zero attached hydrogens (tertiary/aromatic N) is 2. The first-order valence-corrected chi connectivity index (χ1v) is 7.73. The molecular weight excluding hydrogens is 265 g/mol. The van der Waals surface area contributed by atoms with Gasteiger partial charge in [0.15, 0.2) is 0 Å². The van der Waals surface area contributed by atoms with E-state index in [9.17, 15) is 4.39 Å². The molecule has 0 spiro atoms. The molecule has 0 aromatic heterocycles. The lowest BCUT2D eigenvalue weighted by atomic mass is 9.96. The van der Waals surface area contributed by atoms with Gasteiger partial charge < -0.3 is 5.32 Å². The topological polar surface area (TPSA) is 39.1 Å². The number of hydrogen-bond donors (Lipinski definition) is 1. The lowest BCUT2D eigenvalue weighted by Crippen LogP contribution is -2.39. The van der Waals surface area contributed by atoms with Crippen LogP contribution in [0.1, 0.15) is 37.8 Å². The van der Waals surface area contributed by atoms with Crippen molar-refractivity contribution in [3.05, 3.63) is 35.1 Å². The molecule has 0 radical (unpaired) electrons. The molecule has 1 aromatic rings. The monoisotopic (exact) mass is 289 g/mol. The van der Waals surface area contributed by atoms with Crippen molar-refractivity contribution in [2.24, 2.45) is 5.92 Å². The highest BCUT2D eigenvalue weighted by atomic mass is 19.1. The van der Waals surface area contributed by atoms with E-state index in [0.29, 0.717) is 24.1 Å². The second kappa shape index (κ2) is 7.53. The van der Waals surface area contributed by atoms with Gasteiger partial charge in [-0.2, -0.15) is 5.26 Å². The Balaban J connectivity index is 2.05. The van der Waals surface area contributed by atoms with Crippen molar-refractivity contribution >= 4 is 0 Å². The molecule has 1 saturated heterocycles. The molecule has 114 valence electrons. The van der Waals surface area contributed by atoms with Crippen LogP contribution in [0.5, 0.6) is 0 Å². The van der Waals surface area contributed by atoms with Gasteiger partial charge in [-0.05, 0) is 69.5 Å². The van der Waals surface area contributed by atoms with E-state index in [0.717, 1.165) is 25.2 Å². The molecule has 21 heavy (non-hydrogen) atoms. The van der Waals surface area contributed by atoms with E-state index < -0.39 is 0 Å². The molecule has 0 atom stereocenters. The summed E-state index contributed by atoms with van der Waals surface area (Å²) in [6, 6.07) is 7.06. The molecule has 1 aromatic carbocycles. The zero-order valence-corrected chi connectivity index (χ0v) is 12.9. The third kappa shape index (κ3) is 4.80. The van der Waals surface area contributed by atoms with Gasteiger partial charge in [0.25, 0.3) is 0 Å². The van der Waals surface area contributed by atoms with Gasteiger partial charge in [0.2, 0.25) is 0 Å². The van der Waals surface area contributed by atoms with E-state index in [1.165, 1.54) is 18.9 Å². The highest BCUT2D eigenvalue weighted by Gasteiger charge is 2.19. The fraction of sp³-hybridized carbons (Fsp3) is 0.588. The van der Waals surface area contributed by atoms with Crippen LogP contribution >= 0.6 is 0 Å². The summed E-state index contributed by atoms with van der Waals surface area (Å²) in [7, 11) is 0. The third-order valence-corrected chi connectivity index (χ3v) is 4.15. The average molecular weight is 289 g/mol. The summed E-state index contributed by atoms with van der Waals surface area (Å²) in [4.78, 5) is 2.38. The van der Waals surface area contributed by atoms with Gasteiger partial charge in [-0.3, -0.25) is 4.90 Å². The van der Waals surface area contributed by atoms with Crippen LogP contribution in [-0.2, 0) is 6.54 Å². The number of benzene rings is 1. The maximum atomic E-state index is 13.5. The summed E-state index contributed by atoms with van der Waals surface area (Å²) >= 11 is 0. The largest absolute Gasteiger partial charge is 0.317 e. The summed E-state index contributed by atoms with van der Waals surface area (Å²) < 4.78 is 13.5. The molecule has 1 heterocycles. The standard InChI is InChI=1S/C17H24FN3/c1-13(2)21(11-14-3-5-20-6-4-14)12-16-7-15(10-19)8-17(18)9-16/h7-9,13-14,20H,3-6,11-12H2,1-2H3. The first-order valence-electron chi connectivity index (χ1n) is 7.73. The predicted octanol–water partition coefficient (Wildman–Crippen LogP) is 2.91. The van der Waals surface area contributed by atoms with Crippen molar-refractivity contribution < 1.29 is 4.39 Å². The van der Waals surface area contributed by atoms with Gasteiger partial charge in [-0.15, -0.1) is 0 Å². The van der Waals surface area contributed by atoms with Crippen molar-refractivity contribution in [3.63, 3.8) is 0 Å². The van der Waals surface area contributed by atoms with Crippen LogP contribution in [0.2, 0.25) is 0 Å². The molecule has 1 aliphatic rings. The Bertz CT molecular complexity index is 501. The second-order valence-electron chi connectivity index (χ2n) is 6.18. The van der Waals surface area contributed by atoms with Crippen LogP contribution in [0.15, 0.2) is 18.2 Å². The molecule has 0 unspecified atom stereocenters. The van der Waals surface area contributed by atoms with Crippen molar-refractivity contribution in [1.29, 1.82) is 5.26 Å². The lowest BCUT2D eigenvalue weighted by Gasteiger charge is -2.32. The summed E-state index contributed by atoms with van der Waals surface area (Å²) in [5, 5.41) is 12.3. The predicted molar refractivity (Wildman–Crippen MR) is 82.3 cm³/mol. The van der Waals surface area contributed by atoms with Crippen molar-refractivity contribution in [2.45, 2.75) is 39.3 Å². The van der Waals surface area contributed by atoms with Gasteiger partial charge in [-0.25, -0.2) is 4.39 Å². The fourth-order valence-electron chi connectivity index (χ4n) is 2.89. The number of nitriles is 1. The number of halogens is 1. The Morgan fingerprint density at radius 1 is 1.33 bits per heavy atom. The number of nitrogens with one attached hydrogen (secondary N) is 1. The maximum Gasteiger partial charge on any atom is 0.124 e. The Morgan fingerprint density at radius 2 is 2.05 bits per heavy atom. The molecule has 0 bridgehead atoms. The van der Waals surface area contributed by atoms with Crippen LogP contribution in [0.4, 0.5) is 4.39 Å². The van der Waals surface area contributed by atoms with Crippen LogP contribution in [0.25, 0.3) is 0 Å². The van der Waals surface area contributed by atoms with Crippen molar-refractivity contribution in [3.8, 4) is 6.07 Å². The Hall–Kier alpha value is -1.44. The average Bonchev–Trinajstić information content (AvgIpc) is 2.47. The van der Waals surface area contributed by atoms with Crippen molar-refractivity contribution in [2.75, 3.05) is 19.6 Å². The second-order valence-corrected chi connectivity index (χ2v) is 6.18. The molecule has 1 fully saturated rings. The van der Waals surface area contributed by atoms with Gasteiger partial charge in [0.05, 0.1) is 11.6 Å². The maximum absolute atomic E-state index is 13.5. The minimum atomic E-state index is -0.324. The van der Waals surface area contributed by atoms with E-state index in [1.807, 2.05) is 6.07 Å². The summed E-state index contributed by atoms with van der Waals surface area (Å²) in [6.45, 7) is 8.27. The highest BCUT2D eigenvalue weighted by Crippen LogP contribution is 2.18. The summed E-state index contributed by atoms with van der Waals surface area (Å²) in [5.41, 5.74) is 1.28. The lowest BCUT2D eigenvalue weighted by molar-refractivity contribution is 0.161. The fourth-order valence-corrected chi connectivity index (χ4v) is 2.89. The van der Waals surface area contributed by atoms with E-state index in [1.54, 1.807) is 12.1 Å². The van der Waals surface area contributed by atoms with Crippen molar-refractivity contribution in [1.82, 2.24) is 10.2 Å². The molecule has 2 rings (SSSR count). The minimum absolute atomic E-state index is 0.324. The van der Waals surface area contributed by atoms with E-state index in [4.69, 9.17) is 5.26 Å². The molecular formula is C17H24FN3. The highest BCUT2D eigenvalue weighted by molar-refractivity contribution is 5.33. The molecule has 0 saturated carbocycles. The molecule has 3 nitrogen and oxygen atoms in total. The smallest absolute Gasteiger partial charge is 0.124 e. The minimum Gasteiger partial charge on any atom is -0.317 e. The Kier molecular flexibility index (Phi) is 5.72. The van der Waals surface area contributed by atoms with Crippen LogP contribution < -0.4 is 5.32 Å². The van der Waals surface area contributed by atoms with Crippen LogP contribution in [0.3, 0.4) is 0 Å². The molecule has 1 N–H and O–H groups in total. The third-order valence-electron chi connectivity index (χ3n) is 4.15. The van der Waals surface area contributed by atoms with E-state index in [-0.39, 0.29) is 5.82 Å². The normalized spacial score (nSPS) is 16.4. The Labute approximate surface area is 126 Å². The SMILES string of the molecule is CC(C)N(Cc1cc(F)cc(C#N)c1)CC1CCNCC1. The molecule has 4 heteroatoms. The van der Waals surface area contributed by atoms with E-state index in [2.05, 4.69) is 24.1 Å². The summed E-state index contributed by atoms with van der Waals surface area (Å²) in [5.74, 6) is 0.382. The zero-order valence-electron chi connectivity index (χ0n) is 12.9. The first-order chi connectivity index (χ1) is 10.1. The zero-order chi connectivity index (χ0) is 15.2. The number of rotatable bonds is 5. The summed E-state index contributed by atoms with van der Waals surface area (Å²) in [6.07, 6.45) is 2.41. The molecule has 0 amide bonds. The van der Waals surface area contributed by atoms with Gasteiger partial charge >= 0.3 is 0 Å². The molecule has 0 aliphatic carbocycles. The number of hydrogen-bond acceptors (Lipinski definition) is 3. The van der Waals surface area contributed by atoms with E-state index >= 15 is 0 Å². The van der Waals surface area contributed by atoms with Gasteiger partial charge in [-0.1, -0.05) is 0 Å². The quantitative estimate of drug-likeness (QED) is 0.906. The molecule has 1 aliphatic heterocycles. The first kappa shape index (κ1) is 15.9. The Morgan fingerprint density at radius 3 is 2.67 bits per heavy atom. The van der Waals surface area contributed by atoms with Gasteiger partial charge in [0.1, 0.15) is 5.82 Å². The van der Waals surface area contributed by atoms with Crippen LogP contribution in [-0.4, -0.2) is 30.6 Å². The number of piperidine rings is 1.